The van der Waals surface area contributed by atoms with Crippen molar-refractivity contribution >= 4 is 15.8 Å². The molecule has 0 spiro atoms. The minimum atomic E-state index is -3.19. The Morgan fingerprint density at radius 1 is 1.11 bits per heavy atom. The van der Waals surface area contributed by atoms with Gasteiger partial charge in [0.1, 0.15) is 24.0 Å². The highest BCUT2D eigenvalue weighted by atomic mass is 32.2. The fourth-order valence-electron chi connectivity index (χ4n) is 5.42. The minimum absolute atomic E-state index is 0.162. The summed E-state index contributed by atoms with van der Waals surface area (Å²) < 4.78 is 46.0. The number of anilines is 1. The molecule has 2 atom stereocenters. The van der Waals surface area contributed by atoms with Gasteiger partial charge < -0.3 is 9.64 Å². The van der Waals surface area contributed by atoms with Crippen molar-refractivity contribution in [2.24, 2.45) is 11.8 Å². The van der Waals surface area contributed by atoms with E-state index < -0.39 is 10.0 Å². The molecular formula is C29H34FN3O3S. The second-order valence-corrected chi connectivity index (χ2v) is 12.4. The highest BCUT2D eigenvalue weighted by molar-refractivity contribution is 7.88. The van der Waals surface area contributed by atoms with E-state index in [9.17, 15) is 12.8 Å². The van der Waals surface area contributed by atoms with Crippen LogP contribution in [-0.4, -0.2) is 39.3 Å². The number of fused-ring (bicyclic) bond motifs is 1. The molecule has 0 amide bonds. The molecule has 1 aliphatic heterocycles. The minimum Gasteiger partial charge on any atom is -0.489 e. The third kappa shape index (κ3) is 6.13. The Kier molecular flexibility index (Phi) is 7.23. The molecule has 1 N–H and O–H groups in total. The summed E-state index contributed by atoms with van der Waals surface area (Å²) in [5.41, 5.74) is 5.94. The number of pyridine rings is 1. The summed E-state index contributed by atoms with van der Waals surface area (Å²) in [7, 11) is -3.19. The van der Waals surface area contributed by atoms with Crippen LogP contribution >= 0.6 is 0 Å². The van der Waals surface area contributed by atoms with Crippen LogP contribution in [0.3, 0.4) is 0 Å². The monoisotopic (exact) mass is 523 g/mol. The van der Waals surface area contributed by atoms with Crippen LogP contribution in [0.1, 0.15) is 35.7 Å². The molecule has 1 aliphatic carbocycles. The molecular weight excluding hydrogens is 489 g/mol. The van der Waals surface area contributed by atoms with Crippen molar-refractivity contribution < 1.29 is 17.5 Å². The van der Waals surface area contributed by atoms with Crippen LogP contribution in [0.25, 0.3) is 11.1 Å². The Bertz CT molecular complexity index is 1410. The molecule has 2 unspecified atom stereocenters. The van der Waals surface area contributed by atoms with E-state index in [4.69, 9.17) is 9.72 Å². The van der Waals surface area contributed by atoms with Crippen LogP contribution in [0.4, 0.5) is 10.2 Å². The lowest BCUT2D eigenvalue weighted by Gasteiger charge is -2.19. The Labute approximate surface area is 218 Å². The number of hydrogen-bond acceptors (Lipinski definition) is 5. The number of benzene rings is 2. The molecule has 0 radical (unpaired) electrons. The van der Waals surface area contributed by atoms with E-state index in [-0.39, 0.29) is 18.3 Å². The van der Waals surface area contributed by atoms with Gasteiger partial charge in [0.15, 0.2) is 0 Å². The van der Waals surface area contributed by atoms with Crippen molar-refractivity contribution in [3.63, 3.8) is 0 Å². The summed E-state index contributed by atoms with van der Waals surface area (Å²) in [6.07, 6.45) is 4.27. The van der Waals surface area contributed by atoms with E-state index in [0.717, 1.165) is 60.7 Å². The molecule has 2 heterocycles. The summed E-state index contributed by atoms with van der Waals surface area (Å²) in [5.74, 6) is 2.28. The van der Waals surface area contributed by atoms with Gasteiger partial charge in [-0.2, -0.15) is 0 Å². The van der Waals surface area contributed by atoms with Gasteiger partial charge in [0.25, 0.3) is 0 Å². The van der Waals surface area contributed by atoms with E-state index >= 15 is 0 Å². The number of nitrogens with zero attached hydrogens (tertiary/aromatic N) is 2. The van der Waals surface area contributed by atoms with Gasteiger partial charge in [0.05, 0.1) is 6.26 Å². The van der Waals surface area contributed by atoms with Gasteiger partial charge in [-0.3, -0.25) is 0 Å². The van der Waals surface area contributed by atoms with Gasteiger partial charge in [-0.25, -0.2) is 22.5 Å². The van der Waals surface area contributed by atoms with Crippen molar-refractivity contribution in [1.82, 2.24) is 9.71 Å². The third-order valence-electron chi connectivity index (χ3n) is 7.38. The highest BCUT2D eigenvalue weighted by Crippen LogP contribution is 2.31. The Morgan fingerprint density at radius 3 is 2.70 bits per heavy atom. The van der Waals surface area contributed by atoms with E-state index in [0.29, 0.717) is 18.0 Å². The number of aryl methyl sites for hydroxylation is 1. The van der Waals surface area contributed by atoms with Crippen LogP contribution in [0.5, 0.6) is 5.75 Å². The second-order valence-electron chi connectivity index (χ2n) is 10.6. The molecule has 5 rings (SSSR count). The first-order valence-corrected chi connectivity index (χ1v) is 14.7. The van der Waals surface area contributed by atoms with E-state index in [1.165, 1.54) is 23.4 Å². The molecule has 3 aromatic rings. The van der Waals surface area contributed by atoms with E-state index in [1.807, 2.05) is 31.2 Å². The predicted octanol–water partition coefficient (Wildman–Crippen LogP) is 4.89. The zero-order valence-electron chi connectivity index (χ0n) is 21.6. The maximum absolute atomic E-state index is 14.7. The van der Waals surface area contributed by atoms with Crippen molar-refractivity contribution in [3.05, 3.63) is 76.7 Å². The normalized spacial score (nSPS) is 19.3. The van der Waals surface area contributed by atoms with Crippen LogP contribution < -0.4 is 14.4 Å². The maximum atomic E-state index is 14.7. The maximum Gasteiger partial charge on any atom is 0.208 e. The van der Waals surface area contributed by atoms with Gasteiger partial charge in [0.2, 0.25) is 10.0 Å². The van der Waals surface area contributed by atoms with Gasteiger partial charge in [-0.1, -0.05) is 19.1 Å². The average molecular weight is 524 g/mol. The number of rotatable bonds is 8. The van der Waals surface area contributed by atoms with Crippen LogP contribution in [0.15, 0.2) is 48.5 Å². The summed E-state index contributed by atoms with van der Waals surface area (Å²) in [4.78, 5) is 7.01. The SMILES string of the molecule is Cc1nc(N2CCC(CNS(C)(=O)=O)C2)ccc1-c1ccc(F)c(COc2ccc3c(c2)CC(C)C3)c1. The molecule has 196 valence electrons. The molecule has 37 heavy (non-hydrogen) atoms. The quantitative estimate of drug-likeness (QED) is 0.456. The van der Waals surface area contributed by atoms with E-state index in [2.05, 4.69) is 28.7 Å². The molecule has 8 heteroatoms. The smallest absolute Gasteiger partial charge is 0.208 e. The predicted molar refractivity (Wildman–Crippen MR) is 145 cm³/mol. The molecule has 2 aromatic carbocycles. The second kappa shape index (κ2) is 10.4. The first kappa shape index (κ1) is 25.7. The zero-order chi connectivity index (χ0) is 26.2. The fourth-order valence-corrected chi connectivity index (χ4v) is 5.96. The number of aromatic nitrogens is 1. The Hall–Kier alpha value is -2.97. The number of nitrogens with one attached hydrogen (secondary N) is 1. The first-order valence-electron chi connectivity index (χ1n) is 12.9. The summed E-state index contributed by atoms with van der Waals surface area (Å²) >= 11 is 0. The standard InChI is InChI=1S/C29H34FN3O3S/c1-19-12-22-4-6-26(15-24(22)13-19)36-18-25-14-23(5-8-28(25)30)27-7-9-29(32-20(27)2)33-11-10-21(17-33)16-31-37(3,34)35/h4-9,14-15,19,21,31H,10-13,16-18H2,1-3H3. The molecule has 2 aliphatic rings. The first-order chi connectivity index (χ1) is 17.6. The molecule has 0 saturated carbocycles. The number of ether oxygens (including phenoxy) is 1. The lowest BCUT2D eigenvalue weighted by molar-refractivity contribution is 0.299. The number of halogens is 1. The highest BCUT2D eigenvalue weighted by Gasteiger charge is 2.25. The molecule has 0 bridgehead atoms. The van der Waals surface area contributed by atoms with Crippen LogP contribution in [-0.2, 0) is 29.5 Å². The third-order valence-corrected chi connectivity index (χ3v) is 8.07. The molecule has 1 aromatic heterocycles. The molecule has 1 fully saturated rings. The summed E-state index contributed by atoms with van der Waals surface area (Å²) in [6.45, 7) is 6.41. The Balaban J connectivity index is 1.26. The van der Waals surface area contributed by atoms with Crippen LogP contribution in [0, 0.1) is 24.6 Å². The Morgan fingerprint density at radius 2 is 1.92 bits per heavy atom. The van der Waals surface area contributed by atoms with Crippen molar-refractivity contribution in [1.29, 1.82) is 0 Å². The van der Waals surface area contributed by atoms with Crippen molar-refractivity contribution in [2.75, 3.05) is 30.8 Å². The summed E-state index contributed by atoms with van der Waals surface area (Å²) in [6, 6.07) is 15.3. The van der Waals surface area contributed by atoms with Crippen LogP contribution in [0.2, 0.25) is 0 Å². The van der Waals surface area contributed by atoms with Gasteiger partial charge in [0, 0.05) is 36.5 Å². The van der Waals surface area contributed by atoms with Gasteiger partial charge in [-0.05, 0) is 91.1 Å². The zero-order valence-corrected chi connectivity index (χ0v) is 22.4. The fraction of sp³-hybridized carbons (Fsp3) is 0.414. The van der Waals surface area contributed by atoms with Crippen molar-refractivity contribution in [2.45, 2.75) is 39.7 Å². The molecule has 1 saturated heterocycles. The number of hydrogen-bond donors (Lipinski definition) is 1. The van der Waals surface area contributed by atoms with Crippen molar-refractivity contribution in [3.8, 4) is 16.9 Å². The lowest BCUT2D eigenvalue weighted by Crippen LogP contribution is -2.30. The van der Waals surface area contributed by atoms with E-state index in [1.54, 1.807) is 6.07 Å². The number of sulfonamides is 1. The molecule has 6 nitrogen and oxygen atoms in total. The van der Waals surface area contributed by atoms with Gasteiger partial charge >= 0.3 is 0 Å². The average Bonchev–Trinajstić information content (AvgIpc) is 3.47. The topological polar surface area (TPSA) is 71.5 Å². The van der Waals surface area contributed by atoms with Gasteiger partial charge in [-0.15, -0.1) is 0 Å². The summed E-state index contributed by atoms with van der Waals surface area (Å²) in [5, 5.41) is 0. The largest absolute Gasteiger partial charge is 0.489 e. The lowest BCUT2D eigenvalue weighted by atomic mass is 10.0.